The van der Waals surface area contributed by atoms with Crippen molar-refractivity contribution in [1.82, 2.24) is 5.48 Å². The second kappa shape index (κ2) is 9.29. The molecular formula is C18H20N2O5. The van der Waals surface area contributed by atoms with E-state index < -0.39 is 18.1 Å². The molecule has 2 amide bonds. The Bertz CT molecular complexity index is 688. The quantitative estimate of drug-likeness (QED) is 0.754. The van der Waals surface area contributed by atoms with E-state index >= 15 is 0 Å². The van der Waals surface area contributed by atoms with Crippen LogP contribution in [0.4, 0.5) is 10.5 Å². The van der Waals surface area contributed by atoms with Crippen molar-refractivity contribution in [3.63, 3.8) is 0 Å². The molecule has 2 aromatic carbocycles. The van der Waals surface area contributed by atoms with Gasteiger partial charge in [-0.1, -0.05) is 30.3 Å². The summed E-state index contributed by atoms with van der Waals surface area (Å²) in [5, 5.41) is 2.66. The van der Waals surface area contributed by atoms with E-state index in [1.807, 2.05) is 30.3 Å². The highest BCUT2D eigenvalue weighted by Crippen LogP contribution is 2.15. The van der Waals surface area contributed by atoms with Gasteiger partial charge in [-0.3, -0.25) is 9.63 Å². The number of hydroxylamine groups is 1. The zero-order valence-corrected chi connectivity index (χ0v) is 14.0. The molecule has 0 aliphatic rings. The van der Waals surface area contributed by atoms with Gasteiger partial charge in [0.1, 0.15) is 12.4 Å². The van der Waals surface area contributed by atoms with Gasteiger partial charge in [0.15, 0.2) is 6.10 Å². The fraction of sp³-hybridized carbons (Fsp3) is 0.222. The molecule has 0 fully saturated rings. The molecule has 0 radical (unpaired) electrons. The predicted octanol–water partition coefficient (Wildman–Crippen LogP) is 2.88. The lowest BCUT2D eigenvalue weighted by Crippen LogP contribution is -2.35. The third-order valence-corrected chi connectivity index (χ3v) is 3.26. The second-order valence-corrected chi connectivity index (χ2v) is 5.14. The van der Waals surface area contributed by atoms with Crippen LogP contribution in [0, 0.1) is 0 Å². The van der Waals surface area contributed by atoms with Crippen LogP contribution >= 0.6 is 0 Å². The lowest BCUT2D eigenvalue weighted by atomic mass is 10.2. The molecule has 0 aliphatic heterocycles. The summed E-state index contributed by atoms with van der Waals surface area (Å²) in [6.07, 6.45) is -1.67. The van der Waals surface area contributed by atoms with E-state index in [4.69, 9.17) is 14.3 Å². The van der Waals surface area contributed by atoms with Crippen molar-refractivity contribution in [1.29, 1.82) is 0 Å². The fourth-order valence-corrected chi connectivity index (χ4v) is 1.86. The molecule has 7 heteroatoms. The molecule has 0 unspecified atom stereocenters. The monoisotopic (exact) mass is 344 g/mol. The molecule has 25 heavy (non-hydrogen) atoms. The average Bonchev–Trinajstić information content (AvgIpc) is 2.65. The summed E-state index contributed by atoms with van der Waals surface area (Å²) in [6.45, 7) is 1.62. The summed E-state index contributed by atoms with van der Waals surface area (Å²) >= 11 is 0. The number of hydrogen-bond donors (Lipinski definition) is 2. The second-order valence-electron chi connectivity index (χ2n) is 5.14. The molecule has 0 heterocycles. The molecule has 0 saturated carbocycles. The summed E-state index contributed by atoms with van der Waals surface area (Å²) < 4.78 is 10.0. The third-order valence-electron chi connectivity index (χ3n) is 3.26. The SMILES string of the molecule is COc1ccc(NC(=O)[C@@H](C)ONC(=O)OCc2ccccc2)cc1. The molecule has 0 aliphatic carbocycles. The number of amides is 2. The summed E-state index contributed by atoms with van der Waals surface area (Å²) in [4.78, 5) is 28.6. The van der Waals surface area contributed by atoms with E-state index in [-0.39, 0.29) is 6.61 Å². The van der Waals surface area contributed by atoms with Crippen molar-refractivity contribution in [3.8, 4) is 5.75 Å². The molecule has 1 atom stereocenters. The normalized spacial score (nSPS) is 11.3. The van der Waals surface area contributed by atoms with Crippen LogP contribution in [0.2, 0.25) is 0 Å². The molecule has 2 N–H and O–H groups in total. The van der Waals surface area contributed by atoms with Gasteiger partial charge < -0.3 is 14.8 Å². The zero-order valence-electron chi connectivity index (χ0n) is 14.0. The number of carbonyl (C=O) groups is 2. The Labute approximate surface area is 145 Å². The number of rotatable bonds is 7. The number of methoxy groups -OCH3 is 1. The largest absolute Gasteiger partial charge is 0.497 e. The molecule has 7 nitrogen and oxygen atoms in total. The highest BCUT2D eigenvalue weighted by Gasteiger charge is 2.16. The maximum atomic E-state index is 12.0. The maximum Gasteiger partial charge on any atom is 0.431 e. The molecule has 0 saturated heterocycles. The number of benzene rings is 2. The molecule has 132 valence electrons. The lowest BCUT2D eigenvalue weighted by molar-refractivity contribution is -0.130. The number of ether oxygens (including phenoxy) is 2. The van der Waals surface area contributed by atoms with Gasteiger partial charge in [-0.05, 0) is 36.8 Å². The van der Waals surface area contributed by atoms with Crippen molar-refractivity contribution in [2.45, 2.75) is 19.6 Å². The Balaban J connectivity index is 1.71. The first kappa shape index (κ1) is 18.3. The van der Waals surface area contributed by atoms with Crippen molar-refractivity contribution in [2.75, 3.05) is 12.4 Å². The van der Waals surface area contributed by atoms with Crippen LogP contribution in [-0.2, 0) is 21.0 Å². The zero-order chi connectivity index (χ0) is 18.1. The van der Waals surface area contributed by atoms with Crippen LogP contribution in [0.15, 0.2) is 54.6 Å². The van der Waals surface area contributed by atoms with Crippen LogP contribution in [0.25, 0.3) is 0 Å². The van der Waals surface area contributed by atoms with Crippen LogP contribution in [0.5, 0.6) is 5.75 Å². The Morgan fingerprint density at radius 2 is 1.72 bits per heavy atom. The standard InChI is InChI=1S/C18H20N2O5/c1-13(17(21)19-15-8-10-16(23-2)11-9-15)25-20-18(22)24-12-14-6-4-3-5-7-14/h3-11,13H,12H2,1-2H3,(H,19,21)(H,20,22)/t13-/m1/s1. The third kappa shape index (κ3) is 6.15. The van der Waals surface area contributed by atoms with Gasteiger partial charge in [0.05, 0.1) is 7.11 Å². The van der Waals surface area contributed by atoms with Crippen LogP contribution in [-0.4, -0.2) is 25.2 Å². The van der Waals surface area contributed by atoms with E-state index in [1.54, 1.807) is 31.4 Å². The molecule has 0 bridgehead atoms. The average molecular weight is 344 g/mol. The van der Waals surface area contributed by atoms with Gasteiger partial charge in [0, 0.05) is 5.69 Å². The molecule has 2 aromatic rings. The van der Waals surface area contributed by atoms with Crippen molar-refractivity contribution >= 4 is 17.7 Å². The lowest BCUT2D eigenvalue weighted by Gasteiger charge is -2.13. The fourth-order valence-electron chi connectivity index (χ4n) is 1.86. The summed E-state index contributed by atoms with van der Waals surface area (Å²) in [5.74, 6) is 0.277. The van der Waals surface area contributed by atoms with Crippen molar-refractivity contribution in [2.24, 2.45) is 0 Å². The number of nitrogens with one attached hydrogen (secondary N) is 2. The summed E-state index contributed by atoms with van der Waals surface area (Å²) in [7, 11) is 1.56. The van der Waals surface area contributed by atoms with Gasteiger partial charge in [-0.2, -0.15) is 5.48 Å². The van der Waals surface area contributed by atoms with E-state index in [0.717, 1.165) is 5.56 Å². The smallest absolute Gasteiger partial charge is 0.431 e. The van der Waals surface area contributed by atoms with Crippen LogP contribution < -0.4 is 15.5 Å². The first-order chi connectivity index (χ1) is 12.1. The van der Waals surface area contributed by atoms with E-state index in [1.165, 1.54) is 6.92 Å². The molecule has 0 spiro atoms. The summed E-state index contributed by atoms with van der Waals surface area (Å²) in [5.41, 5.74) is 3.54. The van der Waals surface area contributed by atoms with Gasteiger partial charge in [-0.25, -0.2) is 4.79 Å². The van der Waals surface area contributed by atoms with Crippen LogP contribution in [0.1, 0.15) is 12.5 Å². The molecular weight excluding hydrogens is 324 g/mol. The topological polar surface area (TPSA) is 85.9 Å². The number of carbonyl (C=O) groups excluding carboxylic acids is 2. The minimum Gasteiger partial charge on any atom is -0.497 e. The Hall–Kier alpha value is -3.06. The number of hydrogen-bond acceptors (Lipinski definition) is 5. The van der Waals surface area contributed by atoms with E-state index in [2.05, 4.69) is 10.8 Å². The predicted molar refractivity (Wildman–Crippen MR) is 91.9 cm³/mol. The Morgan fingerprint density at radius 1 is 1.04 bits per heavy atom. The Kier molecular flexibility index (Phi) is 6.79. The maximum absolute atomic E-state index is 12.0. The van der Waals surface area contributed by atoms with Gasteiger partial charge in [0.2, 0.25) is 0 Å². The minimum atomic E-state index is -0.897. The first-order valence-corrected chi connectivity index (χ1v) is 7.65. The van der Waals surface area contributed by atoms with Gasteiger partial charge in [-0.15, -0.1) is 0 Å². The molecule has 0 aromatic heterocycles. The van der Waals surface area contributed by atoms with Gasteiger partial charge in [0.25, 0.3) is 5.91 Å². The Morgan fingerprint density at radius 3 is 2.36 bits per heavy atom. The van der Waals surface area contributed by atoms with Gasteiger partial charge >= 0.3 is 6.09 Å². The van der Waals surface area contributed by atoms with Crippen molar-refractivity contribution in [3.05, 3.63) is 60.2 Å². The van der Waals surface area contributed by atoms with E-state index in [9.17, 15) is 9.59 Å². The molecule has 2 rings (SSSR count). The highest BCUT2D eigenvalue weighted by atomic mass is 16.7. The first-order valence-electron chi connectivity index (χ1n) is 7.65. The number of anilines is 1. The minimum absolute atomic E-state index is 0.114. The highest BCUT2D eigenvalue weighted by molar-refractivity contribution is 5.94. The summed E-state index contributed by atoms with van der Waals surface area (Å²) in [6, 6.07) is 16.1. The van der Waals surface area contributed by atoms with E-state index in [0.29, 0.717) is 11.4 Å². The van der Waals surface area contributed by atoms with Crippen LogP contribution in [0.3, 0.4) is 0 Å². The van der Waals surface area contributed by atoms with Crippen molar-refractivity contribution < 1.29 is 23.9 Å².